The molecule has 3 N–H and O–H groups in total. The van der Waals surface area contributed by atoms with Crippen LogP contribution in [0.4, 0.5) is 24.5 Å². The number of carbonyl (C=O) groups is 1. The van der Waals surface area contributed by atoms with Gasteiger partial charge in [0.2, 0.25) is 5.82 Å². The second kappa shape index (κ2) is 5.38. The zero-order valence-electron chi connectivity index (χ0n) is 12.9. The quantitative estimate of drug-likeness (QED) is 0.671. The van der Waals surface area contributed by atoms with Gasteiger partial charge in [-0.2, -0.15) is 18.5 Å². The van der Waals surface area contributed by atoms with Crippen LogP contribution in [0.15, 0.2) is 60.2 Å². The number of amides is 1. The van der Waals surface area contributed by atoms with E-state index < -0.39 is 28.8 Å². The van der Waals surface area contributed by atoms with E-state index in [2.05, 4.69) is 5.32 Å². The molecule has 2 aromatic rings. The Labute approximate surface area is 144 Å². The van der Waals surface area contributed by atoms with Gasteiger partial charge in [-0.3, -0.25) is 10.1 Å². The van der Waals surface area contributed by atoms with Gasteiger partial charge >= 0.3 is 6.18 Å². The predicted octanol–water partition coefficient (Wildman–Crippen LogP) is 1.67. The molecule has 0 aliphatic carbocycles. The highest BCUT2D eigenvalue weighted by atomic mass is 19.4. The van der Waals surface area contributed by atoms with E-state index in [1.54, 1.807) is 12.1 Å². The van der Waals surface area contributed by atoms with E-state index in [1.165, 1.54) is 12.1 Å². The van der Waals surface area contributed by atoms with Crippen LogP contribution >= 0.6 is 0 Å². The summed E-state index contributed by atoms with van der Waals surface area (Å²) in [6.45, 7) is 0. The fraction of sp³-hybridized carbons (Fsp3) is 0.0625. The molecule has 2 aromatic carbocycles. The number of halogens is 3. The summed E-state index contributed by atoms with van der Waals surface area (Å²) in [6.07, 6.45) is -4.52. The van der Waals surface area contributed by atoms with Crippen LogP contribution in [0.3, 0.4) is 0 Å². The number of alkyl halides is 3. The van der Waals surface area contributed by atoms with Gasteiger partial charge in [0.25, 0.3) is 11.8 Å². The molecule has 0 spiro atoms. The Hall–Kier alpha value is -3.24. The molecule has 134 valence electrons. The standard InChI is InChI=1S/C16H11F3N4O3/c17-16(18,19)9-5-7-10(8-6-9)21-15(25)13-20-14(24)11-3-1-2-4-12(11)22(13)23(21)26/h1-8,23,25H,(H,20,24). The van der Waals surface area contributed by atoms with E-state index in [0.717, 1.165) is 34.3 Å². The maximum Gasteiger partial charge on any atom is 0.416 e. The van der Waals surface area contributed by atoms with Crippen molar-refractivity contribution in [3.63, 3.8) is 0 Å². The van der Waals surface area contributed by atoms with Crippen LogP contribution in [-0.4, -0.2) is 11.0 Å². The fourth-order valence-electron chi connectivity index (χ4n) is 2.90. The molecule has 7 nitrogen and oxygen atoms in total. The molecule has 0 saturated carbocycles. The molecule has 0 saturated heterocycles. The molecular formula is C16H11F3N4O3. The number of para-hydroxylation sites is 1. The Bertz CT molecular complexity index is 927. The summed E-state index contributed by atoms with van der Waals surface area (Å²) in [5, 5.41) is 26.8. The number of anilines is 2. The van der Waals surface area contributed by atoms with E-state index in [-0.39, 0.29) is 22.8 Å². The molecule has 0 radical (unpaired) electrons. The Morgan fingerprint density at radius 3 is 2.35 bits per heavy atom. The van der Waals surface area contributed by atoms with Crippen molar-refractivity contribution in [2.24, 2.45) is 0 Å². The van der Waals surface area contributed by atoms with E-state index in [9.17, 15) is 28.3 Å². The minimum atomic E-state index is -4.52. The van der Waals surface area contributed by atoms with Crippen molar-refractivity contribution in [1.82, 2.24) is 5.32 Å². The number of fused-ring (bicyclic) bond motifs is 3. The molecule has 2 aliphatic heterocycles. The van der Waals surface area contributed by atoms with Crippen LogP contribution in [0.25, 0.3) is 0 Å². The number of rotatable bonds is 1. The maximum atomic E-state index is 12.8. The van der Waals surface area contributed by atoms with E-state index in [0.29, 0.717) is 0 Å². The lowest BCUT2D eigenvalue weighted by Crippen LogP contribution is -3.19. The monoisotopic (exact) mass is 364 g/mol. The van der Waals surface area contributed by atoms with Crippen LogP contribution in [0.2, 0.25) is 0 Å². The zero-order valence-corrected chi connectivity index (χ0v) is 12.9. The van der Waals surface area contributed by atoms with Crippen LogP contribution < -0.4 is 20.6 Å². The van der Waals surface area contributed by atoms with Crippen LogP contribution in [0.5, 0.6) is 0 Å². The lowest BCUT2D eigenvalue weighted by Gasteiger charge is -2.35. The number of nitrogens with one attached hydrogen (secondary N) is 2. The van der Waals surface area contributed by atoms with E-state index in [4.69, 9.17) is 0 Å². The number of hydrogen-bond acceptors (Lipinski definition) is 5. The number of benzene rings is 2. The average molecular weight is 364 g/mol. The largest absolute Gasteiger partial charge is 0.581 e. The Morgan fingerprint density at radius 1 is 1.04 bits per heavy atom. The number of aliphatic hydroxyl groups is 1. The molecule has 1 atom stereocenters. The fourth-order valence-corrected chi connectivity index (χ4v) is 2.90. The zero-order chi connectivity index (χ0) is 18.6. The molecule has 0 aromatic heterocycles. The van der Waals surface area contributed by atoms with Crippen molar-refractivity contribution in [3.05, 3.63) is 76.6 Å². The number of quaternary nitrogens is 1. The molecule has 0 fully saturated rings. The topological polar surface area (TPSA) is 83.3 Å². The lowest BCUT2D eigenvalue weighted by molar-refractivity contribution is -0.854. The van der Waals surface area contributed by atoms with Gasteiger partial charge < -0.3 is 10.3 Å². The molecule has 26 heavy (non-hydrogen) atoms. The second-order valence-corrected chi connectivity index (χ2v) is 5.64. The third kappa shape index (κ3) is 2.27. The van der Waals surface area contributed by atoms with Gasteiger partial charge in [-0.05, 0) is 36.4 Å². The minimum absolute atomic E-state index is 0.0362. The van der Waals surface area contributed by atoms with E-state index in [1.807, 2.05) is 0 Å². The SMILES string of the molecule is O=C1NC2=C(O)N(c3ccc(C(F)(F)F)cc3)[NH+]([O-])N2c2ccccc21. The van der Waals surface area contributed by atoms with Crippen molar-refractivity contribution >= 4 is 17.3 Å². The van der Waals surface area contributed by atoms with Crippen molar-refractivity contribution < 1.29 is 28.4 Å². The number of carbonyl (C=O) groups excluding carboxylic acids is 1. The molecule has 1 amide bonds. The van der Waals surface area contributed by atoms with Crippen LogP contribution in [0, 0.1) is 5.21 Å². The predicted molar refractivity (Wildman–Crippen MR) is 84.3 cm³/mol. The maximum absolute atomic E-state index is 12.8. The Morgan fingerprint density at radius 2 is 1.69 bits per heavy atom. The van der Waals surface area contributed by atoms with Gasteiger partial charge in [0.1, 0.15) is 11.4 Å². The van der Waals surface area contributed by atoms with Gasteiger partial charge in [-0.25, -0.2) is 0 Å². The highest BCUT2D eigenvalue weighted by molar-refractivity contribution is 6.03. The van der Waals surface area contributed by atoms with Gasteiger partial charge in [-0.15, -0.1) is 10.0 Å². The minimum Gasteiger partial charge on any atom is -0.581 e. The van der Waals surface area contributed by atoms with E-state index >= 15 is 0 Å². The molecule has 1 unspecified atom stereocenters. The smallest absolute Gasteiger partial charge is 0.416 e. The summed E-state index contributed by atoms with van der Waals surface area (Å²) in [6, 6.07) is 10.1. The Kier molecular flexibility index (Phi) is 3.36. The molecule has 0 bridgehead atoms. The number of nitrogens with zero attached hydrogens (tertiary/aromatic N) is 2. The summed E-state index contributed by atoms with van der Waals surface area (Å²) >= 11 is 0. The third-order valence-corrected chi connectivity index (χ3v) is 4.10. The summed E-state index contributed by atoms with van der Waals surface area (Å²) in [4.78, 5) is 12.1. The van der Waals surface area contributed by atoms with Crippen molar-refractivity contribution in [2.45, 2.75) is 6.18 Å². The van der Waals surface area contributed by atoms with Gasteiger partial charge in [-0.1, -0.05) is 12.1 Å². The summed E-state index contributed by atoms with van der Waals surface area (Å²) < 4.78 is 38.1. The molecule has 4 rings (SSSR count). The summed E-state index contributed by atoms with van der Waals surface area (Å²) in [5.74, 6) is -1.21. The third-order valence-electron chi connectivity index (χ3n) is 4.10. The number of aliphatic hydroxyl groups excluding tert-OH is 1. The molecule has 10 heteroatoms. The highest BCUT2D eigenvalue weighted by Gasteiger charge is 2.44. The highest BCUT2D eigenvalue weighted by Crippen LogP contribution is 2.33. The van der Waals surface area contributed by atoms with Gasteiger partial charge in [0.15, 0.2) is 0 Å². The van der Waals surface area contributed by atoms with Gasteiger partial charge in [0.05, 0.1) is 11.1 Å². The first-order valence-electron chi connectivity index (χ1n) is 7.44. The summed E-state index contributed by atoms with van der Waals surface area (Å²) in [5.41, 5.74) is -0.325. The van der Waals surface area contributed by atoms with Crippen molar-refractivity contribution in [3.8, 4) is 0 Å². The first kappa shape index (κ1) is 16.2. The second-order valence-electron chi connectivity index (χ2n) is 5.64. The van der Waals surface area contributed by atoms with Crippen LogP contribution in [0.1, 0.15) is 15.9 Å². The summed E-state index contributed by atoms with van der Waals surface area (Å²) in [7, 11) is 0. The molecule has 2 heterocycles. The van der Waals surface area contributed by atoms with Crippen molar-refractivity contribution in [2.75, 3.05) is 10.0 Å². The number of hydrogen-bond donors (Lipinski definition) is 3. The normalized spacial score (nSPS) is 19.4. The Balaban J connectivity index is 1.76. The molecular weight excluding hydrogens is 353 g/mol. The first-order valence-corrected chi connectivity index (χ1v) is 7.44. The van der Waals surface area contributed by atoms with Crippen molar-refractivity contribution in [1.29, 1.82) is 0 Å². The van der Waals surface area contributed by atoms with Gasteiger partial charge in [0, 0.05) is 0 Å². The molecule has 2 aliphatic rings. The average Bonchev–Trinajstić information content (AvgIpc) is 2.85. The first-order chi connectivity index (χ1) is 12.3. The van der Waals surface area contributed by atoms with Crippen LogP contribution in [-0.2, 0) is 6.18 Å². The lowest BCUT2D eigenvalue weighted by atomic mass is 10.1.